The smallest absolute Gasteiger partial charge is 0.263 e. The number of sulfonamides is 1. The van der Waals surface area contributed by atoms with E-state index in [9.17, 15) is 13.2 Å². The van der Waals surface area contributed by atoms with Gasteiger partial charge in [-0.15, -0.1) is 0 Å². The third-order valence-corrected chi connectivity index (χ3v) is 5.77. The molecule has 0 aromatic heterocycles. The topological polar surface area (TPSA) is 84.9 Å². The van der Waals surface area contributed by atoms with E-state index in [1.165, 1.54) is 6.07 Å². The fourth-order valence-corrected chi connectivity index (χ4v) is 3.98. The Bertz CT molecular complexity index is 994. The summed E-state index contributed by atoms with van der Waals surface area (Å²) in [7, 11) is -3.61. The highest BCUT2D eigenvalue weighted by Gasteiger charge is 2.35. The summed E-state index contributed by atoms with van der Waals surface area (Å²) in [5.74, 6) is 0.578. The fourth-order valence-electron chi connectivity index (χ4n) is 2.91. The number of amides is 1. The van der Waals surface area contributed by atoms with Crippen LogP contribution in [0.15, 0.2) is 42.5 Å². The number of anilines is 1. The van der Waals surface area contributed by atoms with Gasteiger partial charge in [0.2, 0.25) is 10.0 Å². The lowest BCUT2D eigenvalue weighted by molar-refractivity contribution is -0.128. The van der Waals surface area contributed by atoms with Crippen LogP contribution in [0.1, 0.15) is 12.5 Å². The summed E-state index contributed by atoms with van der Waals surface area (Å²) in [6, 6.07) is 11.9. The van der Waals surface area contributed by atoms with E-state index >= 15 is 0 Å². The molecule has 29 heavy (non-hydrogen) atoms. The summed E-state index contributed by atoms with van der Waals surface area (Å²) in [4.78, 5) is 12.7. The van der Waals surface area contributed by atoms with E-state index < -0.39 is 22.0 Å². The minimum atomic E-state index is -3.61. The molecule has 0 bridgehead atoms. The van der Waals surface area contributed by atoms with E-state index in [1.807, 2.05) is 31.2 Å². The van der Waals surface area contributed by atoms with E-state index in [2.05, 4.69) is 5.32 Å². The molecule has 1 amide bonds. The first-order valence-electron chi connectivity index (χ1n) is 9.07. The molecular formula is C20H23ClN2O5S. The molecule has 2 aromatic carbocycles. The summed E-state index contributed by atoms with van der Waals surface area (Å²) in [5.41, 5.74) is 1.45. The Morgan fingerprint density at radius 3 is 2.66 bits per heavy atom. The molecule has 0 fully saturated rings. The molecular weight excluding hydrogens is 416 g/mol. The first kappa shape index (κ1) is 21.3. The predicted molar refractivity (Wildman–Crippen MR) is 112 cm³/mol. The molecule has 1 heterocycles. The van der Waals surface area contributed by atoms with Crippen LogP contribution in [0.2, 0.25) is 5.02 Å². The van der Waals surface area contributed by atoms with E-state index in [4.69, 9.17) is 21.1 Å². The van der Waals surface area contributed by atoms with Crippen LogP contribution < -0.4 is 19.1 Å². The Labute approximate surface area is 175 Å². The van der Waals surface area contributed by atoms with Crippen molar-refractivity contribution < 1.29 is 22.7 Å². The van der Waals surface area contributed by atoms with Gasteiger partial charge in [0.05, 0.1) is 24.5 Å². The van der Waals surface area contributed by atoms with Crippen LogP contribution in [0.3, 0.4) is 0 Å². The van der Waals surface area contributed by atoms with Crippen LogP contribution in [0, 0.1) is 6.92 Å². The molecule has 3 rings (SSSR count). The van der Waals surface area contributed by atoms with E-state index in [-0.39, 0.29) is 24.9 Å². The molecule has 2 aromatic rings. The average molecular weight is 439 g/mol. The van der Waals surface area contributed by atoms with Crippen LogP contribution in [-0.4, -0.2) is 45.9 Å². The summed E-state index contributed by atoms with van der Waals surface area (Å²) < 4.78 is 37.0. The van der Waals surface area contributed by atoms with Crippen molar-refractivity contribution in [3.8, 4) is 11.5 Å². The predicted octanol–water partition coefficient (Wildman–Crippen LogP) is 2.76. The molecule has 1 aliphatic heterocycles. The Kier molecular flexibility index (Phi) is 6.24. The minimum absolute atomic E-state index is 0.135. The van der Waals surface area contributed by atoms with Gasteiger partial charge in [0.25, 0.3) is 5.91 Å². The van der Waals surface area contributed by atoms with Gasteiger partial charge in [0, 0.05) is 5.02 Å². The van der Waals surface area contributed by atoms with Crippen molar-refractivity contribution in [2.75, 3.05) is 23.7 Å². The summed E-state index contributed by atoms with van der Waals surface area (Å²) in [6.07, 6.45) is 0.0935. The molecule has 0 spiro atoms. The highest BCUT2D eigenvalue weighted by atomic mass is 35.5. The number of rotatable bonds is 6. The third kappa shape index (κ3) is 5.33. The van der Waals surface area contributed by atoms with Crippen molar-refractivity contribution in [2.24, 2.45) is 0 Å². The number of carbonyl (C=O) groups is 1. The van der Waals surface area contributed by atoms with Crippen LogP contribution >= 0.6 is 11.6 Å². The van der Waals surface area contributed by atoms with Gasteiger partial charge in [-0.3, -0.25) is 9.10 Å². The van der Waals surface area contributed by atoms with E-state index in [1.54, 1.807) is 19.1 Å². The number of hydrogen-bond donors (Lipinski definition) is 1. The monoisotopic (exact) mass is 438 g/mol. The van der Waals surface area contributed by atoms with Crippen LogP contribution in [-0.2, 0) is 14.8 Å². The maximum atomic E-state index is 12.7. The number of nitrogens with one attached hydrogen (secondary N) is 1. The van der Waals surface area contributed by atoms with Gasteiger partial charge < -0.3 is 14.8 Å². The zero-order chi connectivity index (χ0) is 21.2. The second kappa shape index (κ2) is 8.51. The molecule has 2 atom stereocenters. The van der Waals surface area contributed by atoms with Crippen LogP contribution in [0.5, 0.6) is 11.5 Å². The Balaban J connectivity index is 1.66. The molecule has 156 valence electrons. The molecule has 0 saturated heterocycles. The SMILES string of the molecule is Cc1ccc(OC[C@H](C)NC(=O)[C@H]2CN(S(C)(=O)=O)c3cc(Cl)ccc3O2)cc1. The number of nitrogens with zero attached hydrogens (tertiary/aromatic N) is 1. The molecule has 0 radical (unpaired) electrons. The molecule has 7 nitrogen and oxygen atoms in total. The van der Waals surface area contributed by atoms with Crippen molar-refractivity contribution in [2.45, 2.75) is 26.0 Å². The number of hydrogen-bond acceptors (Lipinski definition) is 5. The lowest BCUT2D eigenvalue weighted by atomic mass is 10.2. The summed E-state index contributed by atoms with van der Waals surface area (Å²) in [5, 5.41) is 3.19. The molecule has 9 heteroatoms. The Morgan fingerprint density at radius 2 is 2.00 bits per heavy atom. The summed E-state index contributed by atoms with van der Waals surface area (Å²) >= 11 is 5.98. The van der Waals surface area contributed by atoms with Gasteiger partial charge in [-0.1, -0.05) is 29.3 Å². The second-order valence-electron chi connectivity index (χ2n) is 7.05. The third-order valence-electron chi connectivity index (χ3n) is 4.39. The molecule has 0 saturated carbocycles. The number of fused-ring (bicyclic) bond motifs is 1. The maximum absolute atomic E-state index is 12.7. The Hall–Kier alpha value is -2.45. The van der Waals surface area contributed by atoms with Gasteiger partial charge in [-0.05, 0) is 44.2 Å². The maximum Gasteiger partial charge on any atom is 0.263 e. The standard InChI is InChI=1S/C20H23ClN2O5S/c1-13-4-7-16(8-5-13)27-12-14(2)22-20(24)19-11-23(29(3,25)26)17-10-15(21)6-9-18(17)28-19/h4-10,14,19H,11-12H2,1-3H3,(H,22,24)/t14-,19+/m0/s1. The second-order valence-corrected chi connectivity index (χ2v) is 9.39. The largest absolute Gasteiger partial charge is 0.491 e. The molecule has 1 N–H and O–H groups in total. The van der Waals surface area contributed by atoms with Gasteiger partial charge >= 0.3 is 0 Å². The van der Waals surface area contributed by atoms with Gasteiger partial charge in [-0.25, -0.2) is 8.42 Å². The quantitative estimate of drug-likeness (QED) is 0.749. The van der Waals surface area contributed by atoms with Crippen LogP contribution in [0.4, 0.5) is 5.69 Å². The normalized spacial score (nSPS) is 17.1. The highest BCUT2D eigenvalue weighted by molar-refractivity contribution is 7.92. The lowest BCUT2D eigenvalue weighted by Crippen LogP contribution is -2.52. The zero-order valence-electron chi connectivity index (χ0n) is 16.4. The van der Waals surface area contributed by atoms with Crippen molar-refractivity contribution in [3.05, 3.63) is 53.1 Å². The van der Waals surface area contributed by atoms with Crippen LogP contribution in [0.25, 0.3) is 0 Å². The first-order chi connectivity index (χ1) is 13.6. The average Bonchev–Trinajstić information content (AvgIpc) is 2.65. The van der Waals surface area contributed by atoms with Crippen molar-refractivity contribution in [1.29, 1.82) is 0 Å². The highest BCUT2D eigenvalue weighted by Crippen LogP contribution is 2.37. The molecule has 1 aliphatic rings. The lowest BCUT2D eigenvalue weighted by Gasteiger charge is -2.34. The number of halogens is 1. The zero-order valence-corrected chi connectivity index (χ0v) is 18.0. The fraction of sp³-hybridized carbons (Fsp3) is 0.350. The Morgan fingerprint density at radius 1 is 1.31 bits per heavy atom. The van der Waals surface area contributed by atoms with Crippen molar-refractivity contribution >= 4 is 33.2 Å². The summed E-state index contributed by atoms with van der Waals surface area (Å²) in [6.45, 7) is 3.92. The van der Waals surface area contributed by atoms with Crippen molar-refractivity contribution in [3.63, 3.8) is 0 Å². The number of benzene rings is 2. The van der Waals surface area contributed by atoms with Crippen molar-refractivity contribution in [1.82, 2.24) is 5.32 Å². The number of ether oxygens (including phenoxy) is 2. The van der Waals surface area contributed by atoms with Gasteiger partial charge in [0.15, 0.2) is 6.10 Å². The number of aryl methyl sites for hydroxylation is 1. The molecule has 0 aliphatic carbocycles. The van der Waals surface area contributed by atoms with Gasteiger partial charge in [0.1, 0.15) is 18.1 Å². The van der Waals surface area contributed by atoms with Gasteiger partial charge in [-0.2, -0.15) is 0 Å². The number of carbonyl (C=O) groups excluding carboxylic acids is 1. The first-order valence-corrected chi connectivity index (χ1v) is 11.3. The van der Waals surface area contributed by atoms with E-state index in [0.717, 1.165) is 16.1 Å². The van der Waals surface area contributed by atoms with E-state index in [0.29, 0.717) is 16.5 Å². The molecule has 0 unspecified atom stereocenters. The minimum Gasteiger partial charge on any atom is -0.491 e.